The fraction of sp³-hybridized carbons (Fsp3) is 0.103. The third kappa shape index (κ3) is 5.19. The molecule has 4 aromatic carbocycles. The smallest absolute Gasteiger partial charge is 0.325 e. The number of benzene rings is 4. The maximum Gasteiger partial charge on any atom is 0.325 e. The Bertz CT molecular complexity index is 1680. The Balaban J connectivity index is 0.000000226. The highest BCUT2D eigenvalue weighted by atomic mass is 35.5. The molecule has 1 unspecified atom stereocenters. The Labute approximate surface area is 226 Å². The summed E-state index contributed by atoms with van der Waals surface area (Å²) in [5, 5.41) is 0.681. The molecule has 0 aliphatic carbocycles. The van der Waals surface area contributed by atoms with Crippen LogP contribution in [0.25, 0.3) is 11.0 Å². The quantitative estimate of drug-likeness (QED) is 0.250. The van der Waals surface area contributed by atoms with Crippen molar-refractivity contribution in [3.8, 4) is 0 Å². The predicted octanol–water partition coefficient (Wildman–Crippen LogP) is 6.24. The standard InChI is InChI=1S/C22H17ClN4.C7H8O3S/c1-15-26(17-8-4-2-5-9-17)21-22(27(15)18-10-6-3-7-11-18)25-20-14-16(23)12-13-19(20)24-21;1-6-2-4-7(5-3-6)11(8,9)10/h2-15H,1H3;2-5H,1H3,(H,8,9,10). The normalized spacial score (nSPS) is 14.7. The molecule has 192 valence electrons. The number of H-pyrrole nitrogens is 1. The summed E-state index contributed by atoms with van der Waals surface area (Å²) in [6.45, 7) is 4.01. The molecular weight excluding hydrogens is 520 g/mol. The first-order chi connectivity index (χ1) is 18.2. The van der Waals surface area contributed by atoms with Crippen molar-refractivity contribution in [2.24, 2.45) is 0 Å². The van der Waals surface area contributed by atoms with Crippen molar-refractivity contribution < 1.29 is 18.0 Å². The fourth-order valence-electron chi connectivity index (χ4n) is 4.43. The van der Waals surface area contributed by atoms with Gasteiger partial charge in [-0.15, -0.1) is 0 Å². The van der Waals surface area contributed by atoms with Crippen molar-refractivity contribution in [1.29, 1.82) is 0 Å². The Hall–Kier alpha value is -3.98. The van der Waals surface area contributed by atoms with Gasteiger partial charge in [-0.25, -0.2) is 23.3 Å². The first kappa shape index (κ1) is 25.7. The van der Waals surface area contributed by atoms with Crippen LogP contribution in [0.15, 0.2) is 108 Å². The first-order valence-corrected chi connectivity index (χ1v) is 13.7. The lowest BCUT2D eigenvalue weighted by Crippen LogP contribution is -2.36. The number of nitrogens with zero attached hydrogens (tertiary/aromatic N) is 3. The maximum atomic E-state index is 10.4. The zero-order chi connectivity index (χ0) is 26.9. The molecule has 7 nitrogen and oxygen atoms in total. The first-order valence-electron chi connectivity index (χ1n) is 12.0. The van der Waals surface area contributed by atoms with E-state index in [4.69, 9.17) is 16.6 Å². The van der Waals surface area contributed by atoms with Crippen LogP contribution in [0.5, 0.6) is 0 Å². The molecule has 0 amide bonds. The van der Waals surface area contributed by atoms with Crippen LogP contribution >= 0.6 is 11.6 Å². The number of para-hydroxylation sites is 2. The van der Waals surface area contributed by atoms with E-state index >= 15 is 0 Å². The van der Waals surface area contributed by atoms with E-state index < -0.39 is 10.1 Å². The van der Waals surface area contributed by atoms with Gasteiger partial charge in [0.25, 0.3) is 0 Å². The molecule has 9 heteroatoms. The lowest BCUT2D eigenvalue weighted by atomic mass is 10.2. The number of fused-ring (bicyclic) bond motifs is 2. The minimum absolute atomic E-state index is 0.0702. The number of aromatic amines is 1. The Kier molecular flexibility index (Phi) is 7.03. The summed E-state index contributed by atoms with van der Waals surface area (Å²) in [4.78, 5) is 12.9. The number of aryl methyl sites for hydroxylation is 1. The summed E-state index contributed by atoms with van der Waals surface area (Å²) in [6, 6.07) is 32.3. The molecule has 0 bridgehead atoms. The van der Waals surface area contributed by atoms with E-state index in [1.165, 1.54) is 12.1 Å². The molecule has 0 saturated heterocycles. The van der Waals surface area contributed by atoms with Gasteiger partial charge in [-0.1, -0.05) is 65.7 Å². The van der Waals surface area contributed by atoms with E-state index in [1.807, 2.05) is 37.3 Å². The summed E-state index contributed by atoms with van der Waals surface area (Å²) in [7, 11) is -4.27. The highest BCUT2D eigenvalue weighted by Crippen LogP contribution is 2.44. The summed E-state index contributed by atoms with van der Waals surface area (Å²) in [5.74, 6) is 1.87. The van der Waals surface area contributed by atoms with Gasteiger partial charge in [0, 0.05) is 10.7 Å². The molecule has 0 saturated carbocycles. The summed E-state index contributed by atoms with van der Waals surface area (Å²) in [6.07, 6.45) is 0.0702. The molecule has 1 aliphatic heterocycles. The average molecular weight is 545 g/mol. The number of hydrogen-bond acceptors (Lipinski definition) is 6. The SMILES string of the molecule is CC1N(c2ccccc2)c2nc3cc(Cl)ccc3[nH+]c2N1c1ccccc1.Cc1ccc(S(=O)(=O)[O-])cc1. The van der Waals surface area contributed by atoms with E-state index in [0.29, 0.717) is 5.02 Å². The van der Waals surface area contributed by atoms with E-state index in [-0.39, 0.29) is 11.1 Å². The van der Waals surface area contributed by atoms with Gasteiger partial charge in [-0.3, -0.25) is 4.90 Å². The van der Waals surface area contributed by atoms with Crippen LogP contribution in [0.3, 0.4) is 0 Å². The third-order valence-corrected chi connectivity index (χ3v) is 7.33. The fourth-order valence-corrected chi connectivity index (χ4v) is 5.07. The molecule has 1 N–H and O–H groups in total. The van der Waals surface area contributed by atoms with Crippen molar-refractivity contribution in [1.82, 2.24) is 4.98 Å². The van der Waals surface area contributed by atoms with Crippen LogP contribution in [0.2, 0.25) is 5.02 Å². The molecule has 0 radical (unpaired) electrons. The number of rotatable bonds is 3. The lowest BCUT2D eigenvalue weighted by Gasteiger charge is -2.24. The van der Waals surface area contributed by atoms with Crippen LogP contribution in [0.1, 0.15) is 12.5 Å². The zero-order valence-corrected chi connectivity index (χ0v) is 22.3. The monoisotopic (exact) mass is 544 g/mol. The molecule has 38 heavy (non-hydrogen) atoms. The molecule has 1 aromatic heterocycles. The number of aromatic nitrogens is 2. The Morgan fingerprint density at radius 2 is 1.42 bits per heavy atom. The highest BCUT2D eigenvalue weighted by molar-refractivity contribution is 7.85. The summed E-state index contributed by atoms with van der Waals surface area (Å²) in [5.41, 5.74) is 4.96. The van der Waals surface area contributed by atoms with Gasteiger partial charge in [0.15, 0.2) is 11.7 Å². The van der Waals surface area contributed by atoms with E-state index in [0.717, 1.165) is 39.6 Å². The zero-order valence-electron chi connectivity index (χ0n) is 20.7. The molecule has 2 heterocycles. The Morgan fingerprint density at radius 3 is 2.00 bits per heavy atom. The second kappa shape index (κ2) is 10.4. The molecule has 0 fully saturated rings. The topological polar surface area (TPSA) is 90.7 Å². The average Bonchev–Trinajstić information content (AvgIpc) is 3.19. The highest BCUT2D eigenvalue weighted by Gasteiger charge is 2.44. The minimum atomic E-state index is -4.27. The van der Waals surface area contributed by atoms with Gasteiger partial charge in [0.2, 0.25) is 5.82 Å². The number of hydrogen-bond donors (Lipinski definition) is 0. The second-order valence-corrected chi connectivity index (χ2v) is 10.7. The van der Waals surface area contributed by atoms with Crippen molar-refractivity contribution in [3.05, 3.63) is 114 Å². The molecular formula is C29H25ClN4O3S. The van der Waals surface area contributed by atoms with Crippen molar-refractivity contribution in [3.63, 3.8) is 0 Å². The predicted molar refractivity (Wildman–Crippen MR) is 149 cm³/mol. The Morgan fingerprint density at radius 1 is 0.842 bits per heavy atom. The van der Waals surface area contributed by atoms with Crippen molar-refractivity contribution in [2.75, 3.05) is 9.80 Å². The number of nitrogens with one attached hydrogen (secondary N) is 1. The third-order valence-electron chi connectivity index (χ3n) is 6.25. The van der Waals surface area contributed by atoms with Gasteiger partial charge in [-0.2, -0.15) is 0 Å². The van der Waals surface area contributed by atoms with E-state index in [9.17, 15) is 13.0 Å². The van der Waals surface area contributed by atoms with Gasteiger partial charge in [-0.05, 0) is 68.4 Å². The number of halogens is 1. The van der Waals surface area contributed by atoms with Gasteiger partial charge in [0.1, 0.15) is 21.3 Å². The van der Waals surface area contributed by atoms with Crippen molar-refractivity contribution >= 4 is 55.8 Å². The molecule has 0 spiro atoms. The summed E-state index contributed by atoms with van der Waals surface area (Å²) < 4.78 is 31.2. The summed E-state index contributed by atoms with van der Waals surface area (Å²) >= 11 is 6.20. The van der Waals surface area contributed by atoms with E-state index in [2.05, 4.69) is 70.2 Å². The van der Waals surface area contributed by atoms with E-state index in [1.54, 1.807) is 12.1 Å². The largest absolute Gasteiger partial charge is 0.744 e. The molecule has 6 rings (SSSR count). The lowest BCUT2D eigenvalue weighted by molar-refractivity contribution is -0.328. The van der Waals surface area contributed by atoms with Crippen LogP contribution < -0.4 is 14.8 Å². The number of anilines is 4. The van der Waals surface area contributed by atoms with Crippen molar-refractivity contribution in [2.45, 2.75) is 24.9 Å². The molecule has 1 atom stereocenters. The van der Waals surface area contributed by atoms with Crippen LogP contribution in [-0.4, -0.2) is 24.1 Å². The van der Waals surface area contributed by atoms with Gasteiger partial charge < -0.3 is 4.55 Å². The van der Waals surface area contributed by atoms with Gasteiger partial charge >= 0.3 is 5.82 Å². The minimum Gasteiger partial charge on any atom is -0.744 e. The van der Waals surface area contributed by atoms with Gasteiger partial charge in [0.05, 0.1) is 4.90 Å². The second-order valence-electron chi connectivity index (χ2n) is 8.88. The van der Waals surface area contributed by atoms with Crippen LogP contribution in [-0.2, 0) is 10.1 Å². The molecule has 5 aromatic rings. The van der Waals surface area contributed by atoms with Crippen LogP contribution in [0.4, 0.5) is 23.0 Å². The van der Waals surface area contributed by atoms with Crippen LogP contribution in [0, 0.1) is 6.92 Å². The molecule has 1 aliphatic rings. The maximum absolute atomic E-state index is 10.4.